The number of hydrogen-bond donors (Lipinski definition) is 0. The maximum Gasteiger partial charge on any atom is 0.123 e. The first-order chi connectivity index (χ1) is 7.83. The maximum absolute atomic E-state index is 12.5. The first-order valence-electron chi connectivity index (χ1n) is 5.70. The number of benzene rings is 1. The third-order valence-corrected chi connectivity index (χ3v) is 1.83. The van der Waals surface area contributed by atoms with Crippen LogP contribution in [0.25, 0.3) is 0 Å². The predicted octanol–water partition coefficient (Wildman–Crippen LogP) is 3.66. The molecule has 2 nitrogen and oxygen atoms in total. The lowest BCUT2D eigenvalue weighted by atomic mass is 10.3. The highest BCUT2D eigenvalue weighted by molar-refractivity contribution is 5.21. The third kappa shape index (κ3) is 7.23. The van der Waals surface area contributed by atoms with Crippen molar-refractivity contribution in [3.63, 3.8) is 0 Å². The first kappa shape index (κ1) is 14.9. The van der Waals surface area contributed by atoms with Crippen LogP contribution in [0, 0.1) is 5.82 Å². The lowest BCUT2D eigenvalue weighted by molar-refractivity contribution is 0.184. The van der Waals surface area contributed by atoms with Crippen LogP contribution in [0.15, 0.2) is 24.3 Å². The summed E-state index contributed by atoms with van der Waals surface area (Å²) in [6, 6.07) is 6.05. The first-order valence-corrected chi connectivity index (χ1v) is 5.70. The van der Waals surface area contributed by atoms with Gasteiger partial charge < -0.3 is 9.47 Å². The van der Waals surface area contributed by atoms with Gasteiger partial charge in [-0.25, -0.2) is 4.39 Å². The van der Waals surface area contributed by atoms with Crippen molar-refractivity contribution in [1.82, 2.24) is 0 Å². The molecule has 0 unspecified atom stereocenters. The zero-order valence-corrected chi connectivity index (χ0v) is 10.3. The molecule has 0 aliphatic rings. The molecule has 0 aromatic heterocycles. The van der Waals surface area contributed by atoms with Crippen LogP contribution in [0.3, 0.4) is 0 Å². The minimum Gasteiger partial charge on any atom is -0.494 e. The van der Waals surface area contributed by atoms with Crippen LogP contribution in [0.5, 0.6) is 5.75 Å². The zero-order chi connectivity index (χ0) is 12.2. The minimum atomic E-state index is -0.239. The van der Waals surface area contributed by atoms with Gasteiger partial charge in [0.2, 0.25) is 0 Å². The maximum atomic E-state index is 12.5. The minimum absolute atomic E-state index is 0.239. The van der Waals surface area contributed by atoms with E-state index in [0.29, 0.717) is 12.4 Å². The lowest BCUT2D eigenvalue weighted by Gasteiger charge is -2.05. The molecule has 0 radical (unpaired) electrons. The van der Waals surface area contributed by atoms with Gasteiger partial charge in [0.1, 0.15) is 11.6 Å². The Morgan fingerprint density at radius 3 is 2.12 bits per heavy atom. The van der Waals surface area contributed by atoms with E-state index >= 15 is 0 Å². The molecule has 0 aliphatic carbocycles. The monoisotopic (exact) mass is 228 g/mol. The van der Waals surface area contributed by atoms with Gasteiger partial charge >= 0.3 is 0 Å². The van der Waals surface area contributed by atoms with E-state index in [1.54, 1.807) is 19.2 Å². The van der Waals surface area contributed by atoms with E-state index < -0.39 is 0 Å². The smallest absolute Gasteiger partial charge is 0.123 e. The van der Waals surface area contributed by atoms with Crippen molar-refractivity contribution in [3.8, 4) is 5.75 Å². The summed E-state index contributed by atoms with van der Waals surface area (Å²) in [6.07, 6.45) is 1.93. The zero-order valence-electron chi connectivity index (χ0n) is 10.3. The van der Waals surface area contributed by atoms with E-state index in [0.717, 1.165) is 19.4 Å². The Labute approximate surface area is 97.4 Å². The van der Waals surface area contributed by atoms with E-state index in [9.17, 15) is 4.39 Å². The Balaban J connectivity index is 0.00000106. The van der Waals surface area contributed by atoms with Crippen molar-refractivity contribution in [2.24, 2.45) is 0 Å². The molecule has 1 aromatic carbocycles. The Bertz CT molecular complexity index is 247. The summed E-state index contributed by atoms with van der Waals surface area (Å²) in [6.45, 7) is 5.40. The number of unbranched alkanes of at least 4 members (excludes halogenated alkanes) is 1. The molecule has 1 rings (SSSR count). The Hall–Kier alpha value is -1.09. The number of ether oxygens (including phenoxy) is 2. The van der Waals surface area contributed by atoms with Crippen molar-refractivity contribution in [3.05, 3.63) is 30.1 Å². The molecule has 1 aromatic rings. The van der Waals surface area contributed by atoms with Gasteiger partial charge in [-0.2, -0.15) is 0 Å². The van der Waals surface area contributed by atoms with Crippen LogP contribution in [-0.4, -0.2) is 20.3 Å². The quantitative estimate of drug-likeness (QED) is 0.692. The largest absolute Gasteiger partial charge is 0.494 e. The van der Waals surface area contributed by atoms with Gasteiger partial charge in [0.25, 0.3) is 0 Å². The number of halogens is 1. The molecule has 0 amide bonds. The summed E-state index contributed by atoms with van der Waals surface area (Å²) >= 11 is 0. The molecule has 0 aliphatic heterocycles. The highest BCUT2D eigenvalue weighted by Crippen LogP contribution is 2.11. The Morgan fingerprint density at radius 2 is 1.56 bits per heavy atom. The summed E-state index contributed by atoms with van der Waals surface area (Å²) < 4.78 is 22.8. The van der Waals surface area contributed by atoms with Gasteiger partial charge in [0.15, 0.2) is 0 Å². The molecule has 0 spiro atoms. The van der Waals surface area contributed by atoms with Crippen LogP contribution in [0.2, 0.25) is 0 Å². The summed E-state index contributed by atoms with van der Waals surface area (Å²) in [5.74, 6) is 0.473. The molecule has 0 saturated heterocycles. The molecular formula is C13H21FO2. The normalized spacial score (nSPS) is 9.25. The van der Waals surface area contributed by atoms with Gasteiger partial charge in [-0.15, -0.1) is 0 Å². The van der Waals surface area contributed by atoms with Gasteiger partial charge in [0.05, 0.1) is 6.61 Å². The summed E-state index contributed by atoms with van der Waals surface area (Å²) in [5, 5.41) is 0. The van der Waals surface area contributed by atoms with E-state index in [4.69, 9.17) is 9.47 Å². The highest BCUT2D eigenvalue weighted by atomic mass is 19.1. The lowest BCUT2D eigenvalue weighted by Crippen LogP contribution is -1.99. The van der Waals surface area contributed by atoms with Crippen LogP contribution < -0.4 is 4.74 Å². The predicted molar refractivity (Wildman–Crippen MR) is 64.4 cm³/mol. The molecular weight excluding hydrogens is 207 g/mol. The third-order valence-electron chi connectivity index (χ3n) is 1.83. The molecule has 0 bridgehead atoms. The molecule has 0 N–H and O–H groups in total. The van der Waals surface area contributed by atoms with E-state index in [-0.39, 0.29) is 5.82 Å². The standard InChI is InChI=1S/C11H15FO2.C2H6/c1-13-8-2-3-9-14-11-6-4-10(12)5-7-11;1-2/h4-7H,2-3,8-9H2,1H3;1-2H3. The fraction of sp³-hybridized carbons (Fsp3) is 0.538. The van der Waals surface area contributed by atoms with Crippen LogP contribution in [-0.2, 0) is 4.74 Å². The summed E-state index contributed by atoms with van der Waals surface area (Å²) in [7, 11) is 1.68. The Kier molecular flexibility index (Phi) is 9.72. The van der Waals surface area contributed by atoms with Gasteiger partial charge in [-0.05, 0) is 37.1 Å². The number of hydrogen-bond acceptors (Lipinski definition) is 2. The molecule has 3 heteroatoms. The second-order valence-corrected chi connectivity index (χ2v) is 3.00. The molecule has 0 fully saturated rings. The second kappa shape index (κ2) is 10.4. The van der Waals surface area contributed by atoms with Crippen molar-refractivity contribution in [2.75, 3.05) is 20.3 Å². The molecule has 0 heterocycles. The van der Waals surface area contributed by atoms with Crippen molar-refractivity contribution in [1.29, 1.82) is 0 Å². The summed E-state index contributed by atoms with van der Waals surface area (Å²) in [5.41, 5.74) is 0. The van der Waals surface area contributed by atoms with E-state index in [2.05, 4.69) is 0 Å². The average Bonchev–Trinajstić information content (AvgIpc) is 2.34. The highest BCUT2D eigenvalue weighted by Gasteiger charge is 1.94. The second-order valence-electron chi connectivity index (χ2n) is 3.00. The van der Waals surface area contributed by atoms with Gasteiger partial charge in [0, 0.05) is 13.7 Å². The van der Waals surface area contributed by atoms with Gasteiger partial charge in [-0.3, -0.25) is 0 Å². The van der Waals surface area contributed by atoms with Crippen molar-refractivity contribution >= 4 is 0 Å². The van der Waals surface area contributed by atoms with Crippen LogP contribution >= 0.6 is 0 Å². The molecule has 92 valence electrons. The van der Waals surface area contributed by atoms with Crippen molar-refractivity contribution < 1.29 is 13.9 Å². The van der Waals surface area contributed by atoms with Crippen molar-refractivity contribution in [2.45, 2.75) is 26.7 Å². The van der Waals surface area contributed by atoms with Crippen LogP contribution in [0.1, 0.15) is 26.7 Å². The molecule has 0 atom stereocenters. The van der Waals surface area contributed by atoms with E-state index in [1.165, 1.54) is 12.1 Å². The Morgan fingerprint density at radius 1 is 1.00 bits per heavy atom. The number of methoxy groups -OCH3 is 1. The SMILES string of the molecule is CC.COCCCCOc1ccc(F)cc1. The fourth-order valence-corrected chi connectivity index (χ4v) is 1.07. The topological polar surface area (TPSA) is 18.5 Å². The van der Waals surface area contributed by atoms with E-state index in [1.807, 2.05) is 13.8 Å². The fourth-order valence-electron chi connectivity index (χ4n) is 1.07. The summed E-state index contributed by atoms with van der Waals surface area (Å²) in [4.78, 5) is 0. The molecule has 0 saturated carbocycles. The van der Waals surface area contributed by atoms with Gasteiger partial charge in [-0.1, -0.05) is 13.8 Å². The van der Waals surface area contributed by atoms with Crippen LogP contribution in [0.4, 0.5) is 4.39 Å². The average molecular weight is 228 g/mol. The number of rotatable bonds is 6. The molecule has 16 heavy (non-hydrogen) atoms.